The number of ketones is 1. The number of anilines is 2. The minimum atomic E-state index is -1.65. The fourth-order valence-electron chi connectivity index (χ4n) is 11.0. The van der Waals surface area contributed by atoms with E-state index in [0.717, 1.165) is 17.6 Å². The minimum Gasteiger partial charge on any atom is -0.495 e. The Balaban J connectivity index is 1.16. The van der Waals surface area contributed by atoms with Gasteiger partial charge in [-0.3, -0.25) is 39.0 Å². The Labute approximate surface area is 500 Å². The Morgan fingerprint density at radius 2 is 1.76 bits per heavy atom. The highest BCUT2D eigenvalue weighted by atomic mass is 35.5. The van der Waals surface area contributed by atoms with Crippen LogP contribution in [0.1, 0.15) is 116 Å². The van der Waals surface area contributed by atoms with E-state index in [0.29, 0.717) is 66.1 Å². The van der Waals surface area contributed by atoms with Gasteiger partial charge in [-0.25, -0.2) is 9.59 Å². The van der Waals surface area contributed by atoms with Gasteiger partial charge in [0, 0.05) is 58.3 Å². The van der Waals surface area contributed by atoms with Crippen molar-refractivity contribution in [3.63, 3.8) is 0 Å². The summed E-state index contributed by atoms with van der Waals surface area (Å²) in [5.74, 6) is -3.57. The van der Waals surface area contributed by atoms with Crippen LogP contribution in [-0.4, -0.2) is 138 Å². The van der Waals surface area contributed by atoms with Crippen LogP contribution in [0.4, 0.5) is 21.0 Å². The summed E-state index contributed by atoms with van der Waals surface area (Å²) < 4.78 is 29.6. The molecule has 6 N–H and O–H groups in total. The number of ether oxygens (including phenoxy) is 5. The third-order valence-electron chi connectivity index (χ3n) is 15.9. The molecule has 0 spiro atoms. The van der Waals surface area contributed by atoms with E-state index >= 15 is 0 Å². The van der Waals surface area contributed by atoms with E-state index in [-0.39, 0.29) is 84.3 Å². The number of carbonyl (C=O) groups is 8. The number of imide groups is 1. The normalized spacial score (nSPS) is 26.3. The molecule has 23 heteroatoms. The van der Waals surface area contributed by atoms with Gasteiger partial charge in [0.05, 0.1) is 54.4 Å². The second-order valence-electron chi connectivity index (χ2n) is 22.5. The first-order valence-corrected chi connectivity index (χ1v) is 29.1. The molecule has 10 atom stereocenters. The zero-order chi connectivity index (χ0) is 61.1. The topological polar surface area (TPSA) is 275 Å². The Kier molecular flexibility index (Phi) is 23.1. The molecule has 0 saturated carbocycles. The molecule has 2 aromatic carbocycles. The molecular weight excluding hydrogens is 1130 g/mol. The number of hydrogen-bond acceptors (Lipinski definition) is 15. The molecule has 4 aliphatic heterocycles. The van der Waals surface area contributed by atoms with Gasteiger partial charge >= 0.3 is 18.1 Å². The van der Waals surface area contributed by atoms with Crippen molar-refractivity contribution < 1.29 is 67.1 Å². The number of nitrogens with one attached hydrogen (secondary N) is 3. The van der Waals surface area contributed by atoms with Crippen molar-refractivity contribution in [2.45, 2.75) is 160 Å². The first-order chi connectivity index (χ1) is 39.2. The van der Waals surface area contributed by atoms with Crippen LogP contribution in [0.3, 0.4) is 0 Å². The molecule has 7 amide bonds. The van der Waals surface area contributed by atoms with E-state index in [1.54, 1.807) is 65.1 Å². The lowest BCUT2D eigenvalue weighted by Gasteiger charge is -2.41. The molecule has 4 aliphatic rings. The fraction of sp³-hybridized carbons (Fsp3) is 0.550. The maximum Gasteiger partial charge on any atom is 0.412 e. The summed E-state index contributed by atoms with van der Waals surface area (Å²) in [6.45, 7) is 13.4. The average molecular weight is 1210 g/mol. The molecular formula is C60H78Cl2N6O14S. The third kappa shape index (κ3) is 17.2. The SMILES string of the molecule is C=C(C)[C@H](CC(=S)CCCCCN1C(=O)CC(C)C1=O)C(=O)N[C@@H](CCCNC(N)=O)C(=O)Cc1ccc(NC(=O)O[C@H]2CC(=O)N(C)c3cc(cc(OC)c3Cl)C/C(C)=C/C=C/[C@@H](OC)[C@]3(O)CC(=O)O[C@@H](C3)[C@@H](C)[C@@H]3O[C@@]23C)c(Cl)c1. The molecule has 3 saturated heterocycles. The van der Waals surface area contributed by atoms with E-state index in [2.05, 4.69) is 22.5 Å². The number of carbonyl (C=O) groups excluding carboxylic acids is 8. The predicted octanol–water partition coefficient (Wildman–Crippen LogP) is 8.23. The number of urea groups is 1. The number of amides is 7. The highest BCUT2D eigenvalue weighted by Crippen LogP contribution is 2.50. The van der Waals surface area contributed by atoms with Gasteiger partial charge in [0.15, 0.2) is 5.78 Å². The number of benzene rings is 2. The zero-order valence-electron chi connectivity index (χ0n) is 48.4. The number of likely N-dealkylation sites (tertiary alicyclic amines) is 1. The highest BCUT2D eigenvalue weighted by Gasteiger charge is 2.64. The summed E-state index contributed by atoms with van der Waals surface area (Å²) in [5.41, 5.74) is 5.39. The number of allylic oxidation sites excluding steroid dienone is 3. The van der Waals surface area contributed by atoms with Gasteiger partial charge in [-0.2, -0.15) is 0 Å². The number of methoxy groups -OCH3 is 2. The number of esters is 1. The van der Waals surface area contributed by atoms with E-state index < -0.39 is 89.8 Å². The number of nitrogens with two attached hydrogens (primary N) is 1. The first kappa shape index (κ1) is 65.9. The summed E-state index contributed by atoms with van der Waals surface area (Å²) in [6, 6.07) is 6.32. The number of thiocarbonyl (C=S) groups is 1. The largest absolute Gasteiger partial charge is 0.495 e. The standard InChI is InChI=1S/C60H78Cl2N6O14S/c1-33(2)40(29-39(83)16-11-10-12-22-68-51(71)24-35(4)56(68)74)55(73)65-43(17-14-21-64-57(63)75)45(69)27-37-19-20-42(41(61)25-37)66-58(76)81-49-30-50(70)67(7)44-26-38(28-46(78-8)53(44)62)23-34(3)15-13-18-48(79-9)60(77)31-47(80-52(72)32-60)36(5)54-59(49,6)82-54/h13,15,18-20,25-26,28,35-36,40,43,47-49,54,77H,1,10-12,14,16-17,21-24,27,29-32H2,2-9H3,(H,65,73)(H,66,76)(H3,63,64,75)/b18-13+,34-15+/t35?,36-,40+,43+,47+,48-,49+,54+,59+,60-/m1/s1. The smallest absolute Gasteiger partial charge is 0.412 e. The highest BCUT2D eigenvalue weighted by molar-refractivity contribution is 7.80. The Morgan fingerprint density at radius 1 is 1.02 bits per heavy atom. The van der Waals surface area contributed by atoms with Crippen LogP contribution in [0.2, 0.25) is 10.0 Å². The van der Waals surface area contributed by atoms with Crippen LogP contribution < -0.4 is 31.3 Å². The average Bonchev–Trinajstić information content (AvgIpc) is 2.15. The quantitative estimate of drug-likeness (QED) is 0.0185. The molecule has 0 radical (unpaired) electrons. The minimum absolute atomic E-state index is 0.00701. The molecule has 0 aromatic heterocycles. The number of epoxide rings is 1. The molecule has 452 valence electrons. The molecule has 6 rings (SSSR count). The number of rotatable bonds is 22. The molecule has 3 fully saturated rings. The summed E-state index contributed by atoms with van der Waals surface area (Å²) >= 11 is 19.3. The number of primary amides is 1. The van der Waals surface area contributed by atoms with Gasteiger partial charge in [0.25, 0.3) is 0 Å². The van der Waals surface area contributed by atoms with Gasteiger partial charge < -0.3 is 50.1 Å². The number of halogens is 2. The second-order valence-corrected chi connectivity index (χ2v) is 23.9. The van der Waals surface area contributed by atoms with Gasteiger partial charge in [0.2, 0.25) is 23.6 Å². The lowest BCUT2D eigenvalue weighted by atomic mass is 9.78. The van der Waals surface area contributed by atoms with Gasteiger partial charge in [-0.05, 0) is 106 Å². The monoisotopic (exact) mass is 1210 g/mol. The second kappa shape index (κ2) is 29.0. The maximum absolute atomic E-state index is 14.4. The fourth-order valence-corrected chi connectivity index (χ4v) is 11.9. The lowest BCUT2D eigenvalue weighted by molar-refractivity contribution is -0.187. The van der Waals surface area contributed by atoms with Crippen molar-refractivity contribution in [1.82, 2.24) is 15.5 Å². The van der Waals surface area contributed by atoms with Crippen molar-refractivity contribution in [2.75, 3.05) is 44.6 Å². The van der Waals surface area contributed by atoms with Crippen LogP contribution in [0.5, 0.6) is 5.75 Å². The first-order valence-electron chi connectivity index (χ1n) is 27.9. The van der Waals surface area contributed by atoms with E-state index in [4.69, 9.17) is 64.8 Å². The summed E-state index contributed by atoms with van der Waals surface area (Å²) in [5, 5.41) is 20.3. The summed E-state index contributed by atoms with van der Waals surface area (Å²) in [4.78, 5) is 109. The number of aliphatic hydroxyl groups is 1. The van der Waals surface area contributed by atoms with Crippen LogP contribution in [0.15, 0.2) is 66.3 Å². The van der Waals surface area contributed by atoms with Crippen LogP contribution in [-0.2, 0) is 60.6 Å². The van der Waals surface area contributed by atoms with Crippen LogP contribution >= 0.6 is 35.4 Å². The van der Waals surface area contributed by atoms with Crippen molar-refractivity contribution in [3.8, 4) is 5.75 Å². The Morgan fingerprint density at radius 3 is 2.41 bits per heavy atom. The maximum atomic E-state index is 14.4. The lowest BCUT2D eigenvalue weighted by Crippen LogP contribution is -2.53. The van der Waals surface area contributed by atoms with Crippen molar-refractivity contribution in [3.05, 3.63) is 87.5 Å². The van der Waals surface area contributed by atoms with Gasteiger partial charge in [0.1, 0.15) is 40.3 Å². The van der Waals surface area contributed by atoms with Gasteiger partial charge in [-0.15, -0.1) is 0 Å². The van der Waals surface area contributed by atoms with Gasteiger partial charge in [-0.1, -0.05) is 97.7 Å². The van der Waals surface area contributed by atoms with E-state index in [1.807, 2.05) is 13.0 Å². The van der Waals surface area contributed by atoms with E-state index in [1.165, 1.54) is 36.2 Å². The predicted molar refractivity (Wildman–Crippen MR) is 317 cm³/mol. The number of fused-ring (bicyclic) bond motifs is 5. The number of unbranched alkanes of at least 4 members (excludes halogenated alkanes) is 2. The third-order valence-corrected chi connectivity index (χ3v) is 17.0. The molecule has 1 unspecified atom stereocenters. The molecule has 2 aromatic rings. The summed E-state index contributed by atoms with van der Waals surface area (Å²) in [7, 11) is 4.45. The van der Waals surface area contributed by atoms with Crippen LogP contribution in [0, 0.1) is 17.8 Å². The molecule has 83 heavy (non-hydrogen) atoms. The number of Topliss-reactive ketones (excluding diaryl/α,β-unsaturated/α-hetero) is 1. The number of nitrogens with zero attached hydrogens (tertiary/aromatic N) is 2. The van der Waals surface area contributed by atoms with E-state index in [9.17, 15) is 43.5 Å². The zero-order valence-corrected chi connectivity index (χ0v) is 50.8. The molecule has 4 heterocycles. The van der Waals surface area contributed by atoms with Crippen molar-refractivity contribution in [1.29, 1.82) is 0 Å². The molecule has 4 bridgehead atoms. The van der Waals surface area contributed by atoms with Crippen molar-refractivity contribution in [2.24, 2.45) is 23.5 Å². The molecule has 0 aliphatic carbocycles. The summed E-state index contributed by atoms with van der Waals surface area (Å²) in [6.07, 6.45) is 3.47. The molecule has 20 nitrogen and oxygen atoms in total. The van der Waals surface area contributed by atoms with Crippen LogP contribution in [0.25, 0.3) is 0 Å². The Bertz CT molecular complexity index is 2900. The van der Waals surface area contributed by atoms with Crippen molar-refractivity contribution >= 4 is 99.2 Å². The number of hydrogen-bond donors (Lipinski definition) is 5. The Hall–Kier alpha value is -6.23.